The van der Waals surface area contributed by atoms with Crippen molar-refractivity contribution in [1.29, 1.82) is 0 Å². The Labute approximate surface area is 105 Å². The van der Waals surface area contributed by atoms with Crippen LogP contribution in [-0.4, -0.2) is 0 Å². The maximum Gasteiger partial charge on any atom is 0.0326 e. The summed E-state index contributed by atoms with van der Waals surface area (Å²) in [6.45, 7) is 4.58. The molecule has 1 unspecified atom stereocenters. The van der Waals surface area contributed by atoms with E-state index in [-0.39, 0.29) is 6.04 Å². The first-order chi connectivity index (χ1) is 8.22. The molecule has 1 fully saturated rings. The molecule has 0 aromatic heterocycles. The zero-order valence-corrected chi connectivity index (χ0v) is 11.2. The molecule has 1 aliphatic carbocycles. The third-order valence-corrected chi connectivity index (χ3v) is 4.36. The molecule has 1 nitrogen and oxygen atoms in total. The van der Waals surface area contributed by atoms with Gasteiger partial charge in [-0.3, -0.25) is 0 Å². The van der Waals surface area contributed by atoms with E-state index in [1.165, 1.54) is 36.8 Å². The van der Waals surface area contributed by atoms with Crippen LogP contribution < -0.4 is 5.73 Å². The topological polar surface area (TPSA) is 26.0 Å². The van der Waals surface area contributed by atoms with Crippen LogP contribution in [0.3, 0.4) is 0 Å². The number of nitrogens with two attached hydrogens (primary N) is 1. The van der Waals surface area contributed by atoms with Gasteiger partial charge in [0.25, 0.3) is 0 Å². The third kappa shape index (κ3) is 2.90. The maximum atomic E-state index is 6.49. The lowest BCUT2D eigenvalue weighted by atomic mass is 9.77. The highest BCUT2D eigenvalue weighted by Crippen LogP contribution is 2.36. The van der Waals surface area contributed by atoms with Crippen LogP contribution in [0, 0.1) is 11.8 Å². The molecular formula is C16H25N. The molecule has 94 valence electrons. The molecule has 0 amide bonds. The molecule has 1 atom stereocenters. The average Bonchev–Trinajstić information content (AvgIpc) is 2.39. The smallest absolute Gasteiger partial charge is 0.0326 e. The van der Waals surface area contributed by atoms with Gasteiger partial charge in [-0.15, -0.1) is 0 Å². The lowest BCUT2D eigenvalue weighted by molar-refractivity contribution is 0.255. The Hall–Kier alpha value is -0.820. The van der Waals surface area contributed by atoms with Crippen molar-refractivity contribution in [2.75, 3.05) is 0 Å². The summed E-state index contributed by atoms with van der Waals surface area (Å²) in [5, 5.41) is 0. The highest BCUT2D eigenvalue weighted by Gasteiger charge is 2.25. The Morgan fingerprint density at radius 2 is 1.82 bits per heavy atom. The molecule has 0 radical (unpaired) electrons. The van der Waals surface area contributed by atoms with E-state index in [4.69, 9.17) is 5.73 Å². The largest absolute Gasteiger partial charge is 0.324 e. The van der Waals surface area contributed by atoms with Crippen molar-refractivity contribution < 1.29 is 0 Å². The summed E-state index contributed by atoms with van der Waals surface area (Å²) in [5.41, 5.74) is 9.30. The second-order valence-electron chi connectivity index (χ2n) is 5.60. The molecule has 2 rings (SSSR count). The Morgan fingerprint density at radius 1 is 1.18 bits per heavy atom. The molecule has 0 aliphatic heterocycles. The van der Waals surface area contributed by atoms with Crippen LogP contribution in [0.1, 0.15) is 56.7 Å². The molecule has 17 heavy (non-hydrogen) atoms. The minimum absolute atomic E-state index is 0.249. The van der Waals surface area contributed by atoms with Crippen LogP contribution in [0.4, 0.5) is 0 Å². The predicted octanol–water partition coefficient (Wildman–Crippen LogP) is 4.08. The Balaban J connectivity index is 2.10. The molecule has 0 heterocycles. The summed E-state index contributed by atoms with van der Waals surface area (Å²) < 4.78 is 0. The van der Waals surface area contributed by atoms with E-state index in [0.717, 1.165) is 12.3 Å². The number of aryl methyl sites for hydroxylation is 1. The van der Waals surface area contributed by atoms with Crippen LogP contribution in [0.2, 0.25) is 0 Å². The highest BCUT2D eigenvalue weighted by molar-refractivity contribution is 5.30. The van der Waals surface area contributed by atoms with Gasteiger partial charge < -0.3 is 5.73 Å². The van der Waals surface area contributed by atoms with E-state index in [9.17, 15) is 0 Å². The second kappa shape index (κ2) is 5.68. The lowest BCUT2D eigenvalue weighted by Gasteiger charge is -2.31. The molecule has 2 N–H and O–H groups in total. The standard InChI is InChI=1S/C16H25N/c1-3-13-6-4-5-7-15(13)16(17)14-10-8-12(2)9-11-14/h4-7,12,14,16H,3,8-11,17H2,1-2H3. The van der Waals surface area contributed by atoms with Crippen molar-refractivity contribution in [3.05, 3.63) is 35.4 Å². The van der Waals surface area contributed by atoms with Gasteiger partial charge >= 0.3 is 0 Å². The van der Waals surface area contributed by atoms with Crippen molar-refractivity contribution in [3.8, 4) is 0 Å². The van der Waals surface area contributed by atoms with Gasteiger partial charge in [0, 0.05) is 6.04 Å². The number of rotatable bonds is 3. The first-order valence-corrected chi connectivity index (χ1v) is 7.05. The minimum atomic E-state index is 0.249. The van der Waals surface area contributed by atoms with Crippen molar-refractivity contribution in [2.24, 2.45) is 17.6 Å². The van der Waals surface area contributed by atoms with E-state index < -0.39 is 0 Å². The van der Waals surface area contributed by atoms with Crippen LogP contribution in [0.15, 0.2) is 24.3 Å². The predicted molar refractivity (Wildman–Crippen MR) is 73.9 cm³/mol. The monoisotopic (exact) mass is 231 g/mol. The molecule has 0 saturated heterocycles. The summed E-state index contributed by atoms with van der Waals surface area (Å²) in [6.07, 6.45) is 6.41. The van der Waals surface area contributed by atoms with Gasteiger partial charge in [-0.1, -0.05) is 51.0 Å². The van der Waals surface area contributed by atoms with E-state index in [1.54, 1.807) is 0 Å². The Morgan fingerprint density at radius 3 is 2.47 bits per heavy atom. The summed E-state index contributed by atoms with van der Waals surface area (Å²) >= 11 is 0. The summed E-state index contributed by atoms with van der Waals surface area (Å²) in [6, 6.07) is 8.94. The van der Waals surface area contributed by atoms with Gasteiger partial charge in [-0.2, -0.15) is 0 Å². The molecule has 1 heteroatoms. The Kier molecular flexibility index (Phi) is 4.22. The first-order valence-electron chi connectivity index (χ1n) is 7.05. The lowest BCUT2D eigenvalue weighted by Crippen LogP contribution is -2.26. The van der Waals surface area contributed by atoms with Gasteiger partial charge in [0.1, 0.15) is 0 Å². The molecule has 0 spiro atoms. The number of hydrogen-bond donors (Lipinski definition) is 1. The summed E-state index contributed by atoms with van der Waals surface area (Å²) in [7, 11) is 0. The molecule has 1 aromatic carbocycles. The zero-order chi connectivity index (χ0) is 12.3. The molecule has 1 aromatic rings. The van der Waals surface area contributed by atoms with E-state index in [0.29, 0.717) is 5.92 Å². The van der Waals surface area contributed by atoms with Crippen molar-refractivity contribution in [3.63, 3.8) is 0 Å². The maximum absolute atomic E-state index is 6.49. The third-order valence-electron chi connectivity index (χ3n) is 4.36. The second-order valence-corrected chi connectivity index (χ2v) is 5.60. The fourth-order valence-electron chi connectivity index (χ4n) is 3.08. The molecular weight excluding hydrogens is 206 g/mol. The normalized spacial score (nSPS) is 26.8. The molecule has 0 bridgehead atoms. The van der Waals surface area contributed by atoms with E-state index >= 15 is 0 Å². The van der Waals surface area contributed by atoms with E-state index in [2.05, 4.69) is 38.1 Å². The van der Waals surface area contributed by atoms with Gasteiger partial charge in [-0.05, 0) is 42.2 Å². The van der Waals surface area contributed by atoms with Crippen LogP contribution in [0.5, 0.6) is 0 Å². The van der Waals surface area contributed by atoms with Gasteiger partial charge in [0.05, 0.1) is 0 Å². The zero-order valence-electron chi connectivity index (χ0n) is 11.2. The SMILES string of the molecule is CCc1ccccc1C(N)C1CCC(C)CC1. The van der Waals surface area contributed by atoms with Gasteiger partial charge in [0.15, 0.2) is 0 Å². The average molecular weight is 231 g/mol. The minimum Gasteiger partial charge on any atom is -0.324 e. The molecule has 1 aliphatic rings. The summed E-state index contributed by atoms with van der Waals surface area (Å²) in [4.78, 5) is 0. The van der Waals surface area contributed by atoms with Crippen molar-refractivity contribution >= 4 is 0 Å². The fourth-order valence-corrected chi connectivity index (χ4v) is 3.08. The van der Waals surface area contributed by atoms with E-state index in [1.807, 2.05) is 0 Å². The number of benzene rings is 1. The number of hydrogen-bond acceptors (Lipinski definition) is 1. The Bertz CT molecular complexity index is 350. The fraction of sp³-hybridized carbons (Fsp3) is 0.625. The van der Waals surface area contributed by atoms with Crippen LogP contribution in [0.25, 0.3) is 0 Å². The van der Waals surface area contributed by atoms with Gasteiger partial charge in [-0.25, -0.2) is 0 Å². The summed E-state index contributed by atoms with van der Waals surface area (Å²) in [5.74, 6) is 1.60. The highest BCUT2D eigenvalue weighted by atomic mass is 14.7. The molecule has 1 saturated carbocycles. The van der Waals surface area contributed by atoms with Crippen molar-refractivity contribution in [1.82, 2.24) is 0 Å². The van der Waals surface area contributed by atoms with Crippen molar-refractivity contribution in [2.45, 2.75) is 52.0 Å². The van der Waals surface area contributed by atoms with Crippen LogP contribution >= 0.6 is 0 Å². The quantitative estimate of drug-likeness (QED) is 0.833. The van der Waals surface area contributed by atoms with Gasteiger partial charge in [0.2, 0.25) is 0 Å². The van der Waals surface area contributed by atoms with Crippen LogP contribution in [-0.2, 0) is 6.42 Å². The first kappa shape index (κ1) is 12.6.